The summed E-state index contributed by atoms with van der Waals surface area (Å²) >= 11 is 1.88. The zero-order valence-electron chi connectivity index (χ0n) is 10.9. The van der Waals surface area contributed by atoms with Gasteiger partial charge in [-0.3, -0.25) is 0 Å². The predicted molar refractivity (Wildman–Crippen MR) is 72.1 cm³/mol. The summed E-state index contributed by atoms with van der Waals surface area (Å²) in [5.41, 5.74) is -0.169. The molecule has 0 spiro atoms. The second kappa shape index (κ2) is 6.63. The number of methoxy groups -OCH3 is 1. The Labute approximate surface area is 112 Å². The molecule has 2 saturated heterocycles. The van der Waals surface area contributed by atoms with Crippen molar-refractivity contribution in [1.29, 1.82) is 0 Å². The molecule has 0 radical (unpaired) electrons. The number of rotatable bonds is 4. The highest BCUT2D eigenvalue weighted by molar-refractivity contribution is 7.99. The summed E-state index contributed by atoms with van der Waals surface area (Å²) in [6, 6.07) is 0.158. The molecule has 2 aliphatic rings. The highest BCUT2D eigenvalue weighted by Crippen LogP contribution is 2.30. The Kier molecular flexibility index (Phi) is 5.14. The number of carbonyl (C=O) groups is 1. The van der Waals surface area contributed by atoms with E-state index in [1.807, 2.05) is 11.8 Å². The average molecular weight is 274 g/mol. The molecule has 18 heavy (non-hydrogen) atoms. The third-order valence-corrected chi connectivity index (χ3v) is 4.85. The molecule has 2 heterocycles. The predicted octanol–water partition coefficient (Wildman–Crippen LogP) is 0.987. The fraction of sp³-hybridized carbons (Fsp3) is 0.917. The van der Waals surface area contributed by atoms with Gasteiger partial charge in [0.05, 0.1) is 5.60 Å². The molecule has 0 aliphatic carbocycles. The summed E-state index contributed by atoms with van der Waals surface area (Å²) < 4.78 is 10.8. The molecular weight excluding hydrogens is 252 g/mol. The van der Waals surface area contributed by atoms with E-state index in [2.05, 4.69) is 10.6 Å². The fourth-order valence-electron chi connectivity index (χ4n) is 2.28. The van der Waals surface area contributed by atoms with E-state index in [0.717, 1.165) is 44.0 Å². The maximum atomic E-state index is 11.8. The third kappa shape index (κ3) is 3.76. The van der Waals surface area contributed by atoms with Crippen LogP contribution in [0.3, 0.4) is 0 Å². The van der Waals surface area contributed by atoms with Gasteiger partial charge in [0.25, 0.3) is 0 Å². The van der Waals surface area contributed by atoms with Gasteiger partial charge in [-0.05, 0) is 25.0 Å². The van der Waals surface area contributed by atoms with Crippen molar-refractivity contribution in [3.63, 3.8) is 0 Å². The second-order valence-corrected chi connectivity index (χ2v) is 6.01. The van der Waals surface area contributed by atoms with E-state index in [9.17, 15) is 4.79 Å². The minimum atomic E-state index is -0.169. The van der Waals surface area contributed by atoms with Crippen molar-refractivity contribution in [3.05, 3.63) is 0 Å². The molecular formula is C12H22N2O3S. The van der Waals surface area contributed by atoms with E-state index >= 15 is 0 Å². The smallest absolute Gasteiger partial charge is 0.315 e. The van der Waals surface area contributed by atoms with Gasteiger partial charge in [0.1, 0.15) is 0 Å². The molecule has 2 N–H and O–H groups in total. The number of carbonyl (C=O) groups excluding carboxylic acids is 1. The summed E-state index contributed by atoms with van der Waals surface area (Å²) in [6.45, 7) is 2.07. The lowest BCUT2D eigenvalue weighted by atomic mass is 10.0. The zero-order valence-corrected chi connectivity index (χ0v) is 11.7. The van der Waals surface area contributed by atoms with Gasteiger partial charge in [0.15, 0.2) is 0 Å². The second-order valence-electron chi connectivity index (χ2n) is 4.90. The molecule has 104 valence electrons. The van der Waals surface area contributed by atoms with Crippen molar-refractivity contribution in [2.75, 3.05) is 38.4 Å². The zero-order chi connectivity index (χ0) is 12.8. The first-order valence-electron chi connectivity index (χ1n) is 6.49. The lowest BCUT2D eigenvalue weighted by molar-refractivity contribution is 0.0154. The molecule has 0 aromatic heterocycles. The van der Waals surface area contributed by atoms with Crippen molar-refractivity contribution in [2.24, 2.45) is 0 Å². The fourth-order valence-corrected chi connectivity index (χ4v) is 3.68. The minimum Gasteiger partial charge on any atom is -0.381 e. The van der Waals surface area contributed by atoms with Crippen LogP contribution in [0.5, 0.6) is 0 Å². The van der Waals surface area contributed by atoms with Gasteiger partial charge in [-0.2, -0.15) is 11.8 Å². The highest BCUT2D eigenvalue weighted by Gasteiger charge is 2.34. The van der Waals surface area contributed by atoms with Crippen LogP contribution < -0.4 is 10.6 Å². The molecule has 2 rings (SSSR count). The van der Waals surface area contributed by atoms with Crippen LogP contribution >= 0.6 is 11.8 Å². The number of hydrogen-bond acceptors (Lipinski definition) is 4. The molecule has 1 atom stereocenters. The first-order chi connectivity index (χ1) is 8.74. The number of ether oxygens (including phenoxy) is 2. The molecule has 0 aromatic carbocycles. The summed E-state index contributed by atoms with van der Waals surface area (Å²) in [5.74, 6) is 2.07. The number of thioether (sulfide) groups is 1. The number of nitrogens with one attached hydrogen (secondary N) is 2. The van der Waals surface area contributed by atoms with Crippen LogP contribution in [0.1, 0.15) is 19.3 Å². The molecule has 2 amide bonds. The quantitative estimate of drug-likeness (QED) is 0.802. The average Bonchev–Trinajstić information content (AvgIpc) is 2.87. The molecule has 0 aromatic rings. The van der Waals surface area contributed by atoms with E-state index in [4.69, 9.17) is 9.47 Å². The summed E-state index contributed by atoms with van der Waals surface area (Å²) in [7, 11) is 1.73. The van der Waals surface area contributed by atoms with Crippen molar-refractivity contribution in [3.8, 4) is 0 Å². The maximum absolute atomic E-state index is 11.8. The van der Waals surface area contributed by atoms with Crippen LogP contribution in [0.15, 0.2) is 0 Å². The van der Waals surface area contributed by atoms with E-state index in [0.29, 0.717) is 6.54 Å². The van der Waals surface area contributed by atoms with Gasteiger partial charge in [0, 0.05) is 38.7 Å². The lowest BCUT2D eigenvalue weighted by Crippen LogP contribution is -2.50. The molecule has 6 heteroatoms. The number of hydrogen-bond donors (Lipinski definition) is 2. The molecule has 0 saturated carbocycles. The molecule has 5 nitrogen and oxygen atoms in total. The van der Waals surface area contributed by atoms with Crippen LogP contribution in [-0.4, -0.2) is 56.0 Å². The topological polar surface area (TPSA) is 59.6 Å². The van der Waals surface area contributed by atoms with Crippen molar-refractivity contribution in [1.82, 2.24) is 10.6 Å². The van der Waals surface area contributed by atoms with E-state index in [1.54, 1.807) is 7.11 Å². The first kappa shape index (κ1) is 14.0. The van der Waals surface area contributed by atoms with Crippen LogP contribution in [0.25, 0.3) is 0 Å². The Morgan fingerprint density at radius 1 is 1.50 bits per heavy atom. The van der Waals surface area contributed by atoms with Gasteiger partial charge in [-0.25, -0.2) is 4.79 Å². The Bertz CT molecular complexity index is 276. The molecule has 0 bridgehead atoms. The van der Waals surface area contributed by atoms with Crippen LogP contribution in [0.4, 0.5) is 4.79 Å². The number of amides is 2. The highest BCUT2D eigenvalue weighted by atomic mass is 32.2. The van der Waals surface area contributed by atoms with Crippen molar-refractivity contribution >= 4 is 17.8 Å². The summed E-state index contributed by atoms with van der Waals surface area (Å²) in [4.78, 5) is 11.8. The van der Waals surface area contributed by atoms with Crippen molar-refractivity contribution < 1.29 is 14.3 Å². The van der Waals surface area contributed by atoms with E-state index in [1.165, 1.54) is 0 Å². The Morgan fingerprint density at radius 2 is 2.28 bits per heavy atom. The summed E-state index contributed by atoms with van der Waals surface area (Å²) in [5, 5.41) is 5.93. The van der Waals surface area contributed by atoms with Crippen molar-refractivity contribution in [2.45, 2.75) is 30.9 Å². The van der Waals surface area contributed by atoms with Gasteiger partial charge in [-0.15, -0.1) is 0 Å². The van der Waals surface area contributed by atoms with Crippen LogP contribution in [-0.2, 0) is 9.47 Å². The number of urea groups is 1. The molecule has 1 unspecified atom stereocenters. The maximum Gasteiger partial charge on any atom is 0.315 e. The Hall–Kier alpha value is -0.460. The van der Waals surface area contributed by atoms with Crippen LogP contribution in [0.2, 0.25) is 0 Å². The summed E-state index contributed by atoms with van der Waals surface area (Å²) in [6.07, 6.45) is 2.81. The van der Waals surface area contributed by atoms with Gasteiger partial charge >= 0.3 is 6.03 Å². The lowest BCUT2D eigenvalue weighted by Gasteiger charge is -2.28. The SMILES string of the molecule is COC1(CNC(=O)NC2CCOCC2)CCSC1. The van der Waals surface area contributed by atoms with E-state index < -0.39 is 0 Å². The third-order valence-electron chi connectivity index (χ3n) is 3.63. The van der Waals surface area contributed by atoms with Gasteiger partial charge in [0.2, 0.25) is 0 Å². The molecule has 2 aliphatic heterocycles. The van der Waals surface area contributed by atoms with Gasteiger partial charge < -0.3 is 20.1 Å². The monoisotopic (exact) mass is 274 g/mol. The first-order valence-corrected chi connectivity index (χ1v) is 7.65. The van der Waals surface area contributed by atoms with Crippen LogP contribution in [0, 0.1) is 0 Å². The standard InChI is InChI=1S/C12H22N2O3S/c1-16-12(4-7-18-9-12)8-13-11(15)14-10-2-5-17-6-3-10/h10H,2-9H2,1H3,(H2,13,14,15). The Balaban J connectivity index is 1.70. The normalized spacial score (nSPS) is 29.2. The largest absolute Gasteiger partial charge is 0.381 e. The van der Waals surface area contributed by atoms with Gasteiger partial charge in [-0.1, -0.05) is 0 Å². The molecule has 2 fully saturated rings. The van der Waals surface area contributed by atoms with E-state index in [-0.39, 0.29) is 17.7 Å². The minimum absolute atomic E-state index is 0.0878. The Morgan fingerprint density at radius 3 is 2.89 bits per heavy atom.